The van der Waals surface area contributed by atoms with Crippen LogP contribution in [0.3, 0.4) is 0 Å². The Hall–Kier alpha value is -1.45. The van der Waals surface area contributed by atoms with E-state index in [9.17, 15) is 13.6 Å². The van der Waals surface area contributed by atoms with Crippen LogP contribution >= 0.6 is 0 Å². The average molecular weight is 197 g/mol. The van der Waals surface area contributed by atoms with E-state index in [2.05, 4.69) is 5.32 Å². The molecule has 1 N–H and O–H groups in total. The molecule has 1 heterocycles. The fourth-order valence-electron chi connectivity index (χ4n) is 1.65. The standard InChI is InChI=1S/C10H9F2NO/c1-6-7-4-2-3-5-8(7)10(11,12)9(14)13-6/h2-6H,1H3,(H,13,14). The molecule has 0 aliphatic carbocycles. The van der Waals surface area contributed by atoms with Gasteiger partial charge in [0.2, 0.25) is 0 Å². The summed E-state index contributed by atoms with van der Waals surface area (Å²) in [5.41, 5.74) is 0.299. The Bertz CT molecular complexity index is 389. The van der Waals surface area contributed by atoms with E-state index in [1.165, 1.54) is 12.1 Å². The zero-order chi connectivity index (χ0) is 10.3. The summed E-state index contributed by atoms with van der Waals surface area (Å²) in [6.45, 7) is 1.69. The molecule has 0 radical (unpaired) electrons. The third kappa shape index (κ3) is 1.10. The summed E-state index contributed by atoms with van der Waals surface area (Å²) in [6.07, 6.45) is 0. The second-order valence-corrected chi connectivity index (χ2v) is 3.36. The molecule has 0 aromatic heterocycles. The smallest absolute Gasteiger partial charge is 0.344 e. The topological polar surface area (TPSA) is 29.1 Å². The first-order valence-electron chi connectivity index (χ1n) is 4.31. The van der Waals surface area contributed by atoms with Gasteiger partial charge in [0.25, 0.3) is 5.91 Å². The van der Waals surface area contributed by atoms with E-state index in [0.29, 0.717) is 5.56 Å². The van der Waals surface area contributed by atoms with E-state index in [-0.39, 0.29) is 11.6 Å². The third-order valence-corrected chi connectivity index (χ3v) is 2.40. The van der Waals surface area contributed by atoms with Crippen molar-refractivity contribution in [1.82, 2.24) is 5.32 Å². The van der Waals surface area contributed by atoms with Gasteiger partial charge in [-0.15, -0.1) is 0 Å². The first-order chi connectivity index (χ1) is 6.53. The minimum atomic E-state index is -3.40. The van der Waals surface area contributed by atoms with Gasteiger partial charge < -0.3 is 5.32 Å². The van der Waals surface area contributed by atoms with Crippen LogP contribution in [0.4, 0.5) is 8.78 Å². The molecule has 2 rings (SSSR count). The lowest BCUT2D eigenvalue weighted by molar-refractivity contribution is -0.149. The zero-order valence-corrected chi connectivity index (χ0v) is 7.55. The molecular formula is C10H9F2NO. The van der Waals surface area contributed by atoms with Gasteiger partial charge in [0, 0.05) is 5.56 Å². The Balaban J connectivity index is 2.63. The van der Waals surface area contributed by atoms with Crippen LogP contribution in [0, 0.1) is 0 Å². The van der Waals surface area contributed by atoms with Gasteiger partial charge in [0.15, 0.2) is 0 Å². The Kier molecular flexibility index (Phi) is 1.80. The minimum absolute atomic E-state index is 0.184. The molecule has 74 valence electrons. The van der Waals surface area contributed by atoms with Gasteiger partial charge in [-0.05, 0) is 12.5 Å². The van der Waals surface area contributed by atoms with Gasteiger partial charge in [-0.1, -0.05) is 24.3 Å². The predicted molar refractivity (Wildman–Crippen MR) is 46.9 cm³/mol. The molecule has 1 unspecified atom stereocenters. The van der Waals surface area contributed by atoms with Gasteiger partial charge in [-0.2, -0.15) is 8.78 Å². The number of benzene rings is 1. The van der Waals surface area contributed by atoms with E-state index >= 15 is 0 Å². The van der Waals surface area contributed by atoms with Crippen molar-refractivity contribution in [3.63, 3.8) is 0 Å². The van der Waals surface area contributed by atoms with Crippen molar-refractivity contribution in [2.75, 3.05) is 0 Å². The summed E-state index contributed by atoms with van der Waals surface area (Å²) >= 11 is 0. The van der Waals surface area contributed by atoms with Crippen LogP contribution in [-0.4, -0.2) is 5.91 Å². The van der Waals surface area contributed by atoms with Crippen molar-refractivity contribution in [3.05, 3.63) is 35.4 Å². The van der Waals surface area contributed by atoms with E-state index in [1.54, 1.807) is 19.1 Å². The van der Waals surface area contributed by atoms with Crippen LogP contribution in [0.15, 0.2) is 24.3 Å². The Morgan fingerprint density at radius 1 is 1.36 bits per heavy atom. The molecule has 0 saturated heterocycles. The predicted octanol–water partition coefficient (Wildman–Crippen LogP) is 1.97. The molecule has 1 atom stereocenters. The van der Waals surface area contributed by atoms with Crippen molar-refractivity contribution in [2.45, 2.75) is 18.9 Å². The second-order valence-electron chi connectivity index (χ2n) is 3.36. The number of carbonyl (C=O) groups excluding carboxylic acids is 1. The summed E-state index contributed by atoms with van der Waals surface area (Å²) in [6, 6.07) is 5.75. The number of fused-ring (bicyclic) bond motifs is 1. The van der Waals surface area contributed by atoms with E-state index < -0.39 is 11.8 Å². The van der Waals surface area contributed by atoms with Crippen LogP contribution < -0.4 is 5.32 Å². The number of nitrogens with one attached hydrogen (secondary N) is 1. The Labute approximate surface area is 79.9 Å². The van der Waals surface area contributed by atoms with Gasteiger partial charge in [-0.3, -0.25) is 4.79 Å². The molecule has 4 heteroatoms. The molecule has 0 spiro atoms. The highest BCUT2D eigenvalue weighted by Gasteiger charge is 2.46. The van der Waals surface area contributed by atoms with Crippen molar-refractivity contribution in [2.24, 2.45) is 0 Å². The number of hydrogen-bond donors (Lipinski definition) is 1. The Morgan fingerprint density at radius 2 is 2.00 bits per heavy atom. The van der Waals surface area contributed by atoms with Crippen molar-refractivity contribution < 1.29 is 13.6 Å². The van der Waals surface area contributed by atoms with Gasteiger partial charge in [0.1, 0.15) is 0 Å². The number of amides is 1. The molecule has 1 aromatic carbocycles. The number of hydrogen-bond acceptors (Lipinski definition) is 1. The molecule has 1 aliphatic rings. The third-order valence-electron chi connectivity index (χ3n) is 2.40. The number of halogens is 2. The monoisotopic (exact) mass is 197 g/mol. The molecule has 1 amide bonds. The molecule has 0 bridgehead atoms. The van der Waals surface area contributed by atoms with Crippen LogP contribution in [0.25, 0.3) is 0 Å². The fourth-order valence-corrected chi connectivity index (χ4v) is 1.65. The van der Waals surface area contributed by atoms with E-state index in [4.69, 9.17) is 0 Å². The second kappa shape index (κ2) is 2.77. The lowest BCUT2D eigenvalue weighted by Gasteiger charge is -2.29. The van der Waals surface area contributed by atoms with Gasteiger partial charge >= 0.3 is 5.92 Å². The van der Waals surface area contributed by atoms with Crippen LogP contribution in [0.5, 0.6) is 0 Å². The van der Waals surface area contributed by atoms with E-state index in [1.807, 2.05) is 0 Å². The number of alkyl halides is 2. The van der Waals surface area contributed by atoms with Crippen LogP contribution in [0.2, 0.25) is 0 Å². The average Bonchev–Trinajstić information content (AvgIpc) is 2.16. The molecule has 14 heavy (non-hydrogen) atoms. The number of carbonyl (C=O) groups is 1. The van der Waals surface area contributed by atoms with Crippen molar-refractivity contribution in [1.29, 1.82) is 0 Å². The molecule has 1 aliphatic heterocycles. The number of rotatable bonds is 0. The maximum absolute atomic E-state index is 13.4. The summed E-state index contributed by atoms with van der Waals surface area (Å²) in [4.78, 5) is 11.0. The van der Waals surface area contributed by atoms with Crippen molar-refractivity contribution >= 4 is 5.91 Å². The maximum atomic E-state index is 13.4. The molecule has 0 fully saturated rings. The lowest BCUT2D eigenvalue weighted by atomic mass is 9.92. The Morgan fingerprint density at radius 3 is 2.71 bits per heavy atom. The normalized spacial score (nSPS) is 23.9. The highest BCUT2D eigenvalue weighted by atomic mass is 19.3. The quantitative estimate of drug-likeness (QED) is 0.676. The van der Waals surface area contributed by atoms with Crippen LogP contribution in [-0.2, 0) is 10.7 Å². The summed E-state index contributed by atoms with van der Waals surface area (Å²) in [7, 11) is 0. The maximum Gasteiger partial charge on any atom is 0.350 e. The van der Waals surface area contributed by atoms with E-state index in [0.717, 1.165) is 0 Å². The van der Waals surface area contributed by atoms with Crippen molar-refractivity contribution in [3.8, 4) is 0 Å². The van der Waals surface area contributed by atoms with Gasteiger partial charge in [-0.25, -0.2) is 0 Å². The van der Waals surface area contributed by atoms with Gasteiger partial charge in [0.05, 0.1) is 6.04 Å². The SMILES string of the molecule is CC1NC(=O)C(F)(F)c2ccccc21. The van der Waals surface area contributed by atoms with Crippen LogP contribution in [0.1, 0.15) is 24.1 Å². The minimum Gasteiger partial charge on any atom is -0.344 e. The highest BCUT2D eigenvalue weighted by Crippen LogP contribution is 2.37. The first-order valence-corrected chi connectivity index (χ1v) is 4.31. The highest BCUT2D eigenvalue weighted by molar-refractivity contribution is 5.87. The fraction of sp³-hybridized carbons (Fsp3) is 0.300. The lowest BCUT2D eigenvalue weighted by Crippen LogP contribution is -2.44. The summed E-state index contributed by atoms with van der Waals surface area (Å²) in [5.74, 6) is -4.62. The molecule has 2 nitrogen and oxygen atoms in total. The first kappa shape index (κ1) is 9.12. The molecule has 1 aromatic rings. The summed E-state index contributed by atoms with van der Waals surface area (Å²) in [5, 5.41) is 2.24. The molecular weight excluding hydrogens is 188 g/mol. The molecule has 0 saturated carbocycles. The zero-order valence-electron chi connectivity index (χ0n) is 7.55. The largest absolute Gasteiger partial charge is 0.350 e. The summed E-state index contributed by atoms with van der Waals surface area (Å²) < 4.78 is 26.7.